The van der Waals surface area contributed by atoms with Crippen LogP contribution in [-0.4, -0.2) is 32.3 Å². The van der Waals surface area contributed by atoms with Crippen LogP contribution in [0.4, 0.5) is 5.69 Å². The largest absolute Gasteiger partial charge is 0.342 e. The van der Waals surface area contributed by atoms with Gasteiger partial charge in [0.2, 0.25) is 5.91 Å². The molecule has 7 nitrogen and oxygen atoms in total. The van der Waals surface area contributed by atoms with Gasteiger partial charge in [0.1, 0.15) is 0 Å². The molecule has 3 rings (SSSR count). The predicted molar refractivity (Wildman–Crippen MR) is 138 cm³/mol. The van der Waals surface area contributed by atoms with Crippen molar-refractivity contribution in [2.45, 2.75) is 24.7 Å². The quantitative estimate of drug-likeness (QED) is 0.237. The maximum Gasteiger partial charge on any atom is 0.253 e. The van der Waals surface area contributed by atoms with Gasteiger partial charge in [-0.1, -0.05) is 70.3 Å². The highest BCUT2D eigenvalue weighted by molar-refractivity contribution is 7.99. The topological polar surface area (TPSA) is 88.9 Å². The molecule has 0 spiro atoms. The molecule has 0 aliphatic carbocycles. The van der Waals surface area contributed by atoms with E-state index in [0.717, 1.165) is 0 Å². The minimum absolute atomic E-state index is 0.0548. The number of benzene rings is 2. The lowest BCUT2D eigenvalue weighted by Crippen LogP contribution is -2.29. The number of amides is 2. The fraction of sp³-hybridized carbons (Fsp3) is 0.182. The summed E-state index contributed by atoms with van der Waals surface area (Å²) in [7, 11) is 0. The molecule has 3 aromatic rings. The SMILES string of the molecule is C=CCn1c(SCC(=O)Nc2cccc(Cl)c2Cl)nnc1C(C)NC(=O)c1ccc(Cl)cc1Cl. The maximum atomic E-state index is 12.7. The Morgan fingerprint density at radius 1 is 1.15 bits per heavy atom. The van der Waals surface area contributed by atoms with E-state index in [1.807, 2.05) is 0 Å². The van der Waals surface area contributed by atoms with E-state index < -0.39 is 6.04 Å². The molecule has 0 aliphatic heterocycles. The van der Waals surface area contributed by atoms with Crippen LogP contribution in [0.1, 0.15) is 29.1 Å². The Bertz CT molecular complexity index is 1230. The second-order valence-electron chi connectivity index (χ2n) is 7.00. The highest BCUT2D eigenvalue weighted by Gasteiger charge is 2.21. The fourth-order valence-corrected chi connectivity index (χ4v) is 4.55. The number of allylic oxidation sites excluding steroid dienone is 1. The number of halogens is 4. The Morgan fingerprint density at radius 3 is 2.62 bits per heavy atom. The van der Waals surface area contributed by atoms with Gasteiger partial charge in [-0.3, -0.25) is 9.59 Å². The summed E-state index contributed by atoms with van der Waals surface area (Å²) in [4.78, 5) is 25.1. The normalized spacial score (nSPS) is 11.7. The molecule has 12 heteroatoms. The van der Waals surface area contributed by atoms with Crippen molar-refractivity contribution in [2.75, 3.05) is 11.1 Å². The second-order valence-corrected chi connectivity index (χ2v) is 9.57. The van der Waals surface area contributed by atoms with Gasteiger partial charge in [-0.05, 0) is 37.3 Å². The van der Waals surface area contributed by atoms with Crippen LogP contribution in [0.5, 0.6) is 0 Å². The zero-order valence-corrected chi connectivity index (χ0v) is 21.7. The van der Waals surface area contributed by atoms with Crippen molar-refractivity contribution in [3.8, 4) is 0 Å². The first kappa shape index (κ1) is 26.4. The summed E-state index contributed by atoms with van der Waals surface area (Å²) < 4.78 is 1.77. The number of carbonyl (C=O) groups is 2. The molecule has 0 aliphatic rings. The molecule has 34 heavy (non-hydrogen) atoms. The lowest BCUT2D eigenvalue weighted by atomic mass is 10.2. The van der Waals surface area contributed by atoms with E-state index in [1.165, 1.54) is 17.8 Å². The average Bonchev–Trinajstić information content (AvgIpc) is 3.18. The van der Waals surface area contributed by atoms with Gasteiger partial charge < -0.3 is 15.2 Å². The molecular formula is C22H19Cl4N5O2S. The first-order valence-corrected chi connectivity index (χ1v) is 12.4. The molecule has 2 amide bonds. The highest BCUT2D eigenvalue weighted by atomic mass is 35.5. The van der Waals surface area contributed by atoms with Crippen LogP contribution in [0, 0.1) is 0 Å². The van der Waals surface area contributed by atoms with Crippen molar-refractivity contribution in [3.05, 3.63) is 80.5 Å². The molecule has 0 bridgehead atoms. The number of aromatic nitrogens is 3. The van der Waals surface area contributed by atoms with Gasteiger partial charge in [0.05, 0.1) is 38.1 Å². The molecule has 0 radical (unpaired) electrons. The van der Waals surface area contributed by atoms with E-state index in [1.54, 1.807) is 47.9 Å². The van der Waals surface area contributed by atoms with Gasteiger partial charge in [-0.25, -0.2) is 0 Å². The Kier molecular flexibility index (Phi) is 9.27. The molecule has 2 aromatic carbocycles. The van der Waals surface area contributed by atoms with Crippen LogP contribution < -0.4 is 10.6 Å². The first-order valence-electron chi connectivity index (χ1n) is 9.87. The van der Waals surface area contributed by atoms with E-state index in [-0.39, 0.29) is 27.6 Å². The van der Waals surface area contributed by atoms with Gasteiger partial charge >= 0.3 is 0 Å². The number of nitrogens with one attached hydrogen (secondary N) is 2. The van der Waals surface area contributed by atoms with Crippen molar-refractivity contribution in [2.24, 2.45) is 0 Å². The Hall–Kier alpha value is -2.23. The van der Waals surface area contributed by atoms with Gasteiger partial charge in [-0.2, -0.15) is 0 Å². The number of hydrogen-bond acceptors (Lipinski definition) is 5. The number of rotatable bonds is 9. The van der Waals surface area contributed by atoms with Gasteiger partial charge in [0.25, 0.3) is 5.91 Å². The maximum absolute atomic E-state index is 12.7. The third kappa shape index (κ3) is 6.46. The highest BCUT2D eigenvalue weighted by Crippen LogP contribution is 2.30. The standard InChI is InChI=1S/C22H19Cl4N5O2S/c1-3-9-31-20(12(2)27-21(33)14-8-7-13(23)10-16(14)25)29-30-22(31)34-11-18(32)28-17-6-4-5-15(24)19(17)26/h3-8,10,12H,1,9,11H2,2H3,(H,27,33)(H,28,32). The smallest absolute Gasteiger partial charge is 0.253 e. The molecule has 0 fully saturated rings. The Labute approximate surface area is 220 Å². The second kappa shape index (κ2) is 12.0. The molecule has 178 valence electrons. The van der Waals surface area contributed by atoms with Gasteiger partial charge in [0, 0.05) is 11.6 Å². The van der Waals surface area contributed by atoms with E-state index in [4.69, 9.17) is 46.4 Å². The Balaban J connectivity index is 1.69. The van der Waals surface area contributed by atoms with Crippen molar-refractivity contribution >= 4 is 75.7 Å². The summed E-state index contributed by atoms with van der Waals surface area (Å²) >= 11 is 25.3. The summed E-state index contributed by atoms with van der Waals surface area (Å²) in [6, 6.07) is 9.12. The fourth-order valence-electron chi connectivity index (χ4n) is 2.96. The summed E-state index contributed by atoms with van der Waals surface area (Å²) in [6.45, 7) is 5.92. The van der Waals surface area contributed by atoms with Gasteiger partial charge in [0.15, 0.2) is 11.0 Å². The molecule has 1 aromatic heterocycles. The molecular weight excluding hydrogens is 540 g/mol. The first-order chi connectivity index (χ1) is 16.2. The van der Waals surface area contributed by atoms with Crippen LogP contribution in [-0.2, 0) is 11.3 Å². The molecule has 0 saturated heterocycles. The monoisotopic (exact) mass is 557 g/mol. The van der Waals surface area contributed by atoms with Crippen LogP contribution in [0.25, 0.3) is 0 Å². The number of thioether (sulfide) groups is 1. The van der Waals surface area contributed by atoms with Crippen LogP contribution >= 0.6 is 58.2 Å². The average molecular weight is 559 g/mol. The minimum Gasteiger partial charge on any atom is -0.342 e. The zero-order valence-electron chi connectivity index (χ0n) is 17.8. The number of anilines is 1. The van der Waals surface area contributed by atoms with Crippen molar-refractivity contribution in [1.82, 2.24) is 20.1 Å². The molecule has 1 unspecified atom stereocenters. The summed E-state index contributed by atoms with van der Waals surface area (Å²) in [5.41, 5.74) is 0.712. The van der Waals surface area contributed by atoms with E-state index in [0.29, 0.717) is 38.8 Å². The number of carbonyl (C=O) groups excluding carboxylic acids is 2. The van der Waals surface area contributed by atoms with Crippen molar-refractivity contribution in [3.63, 3.8) is 0 Å². The summed E-state index contributed by atoms with van der Waals surface area (Å²) in [6.07, 6.45) is 1.67. The number of nitrogens with zero attached hydrogens (tertiary/aromatic N) is 3. The third-order valence-electron chi connectivity index (χ3n) is 4.53. The predicted octanol–water partition coefficient (Wildman–Crippen LogP) is 6.30. The van der Waals surface area contributed by atoms with Crippen molar-refractivity contribution in [1.29, 1.82) is 0 Å². The molecule has 0 saturated carbocycles. The van der Waals surface area contributed by atoms with Crippen LogP contribution in [0.3, 0.4) is 0 Å². The Morgan fingerprint density at radius 2 is 1.91 bits per heavy atom. The van der Waals surface area contributed by atoms with E-state index in [2.05, 4.69) is 27.4 Å². The summed E-state index contributed by atoms with van der Waals surface area (Å²) in [5.74, 6) is -0.116. The van der Waals surface area contributed by atoms with Gasteiger partial charge in [-0.15, -0.1) is 16.8 Å². The third-order valence-corrected chi connectivity index (χ3v) is 6.86. The van der Waals surface area contributed by atoms with E-state index >= 15 is 0 Å². The molecule has 1 atom stereocenters. The van der Waals surface area contributed by atoms with Crippen LogP contribution in [0.15, 0.2) is 54.2 Å². The minimum atomic E-state index is -0.500. The number of hydrogen-bond donors (Lipinski definition) is 2. The summed E-state index contributed by atoms with van der Waals surface area (Å²) in [5, 5.41) is 15.8. The zero-order chi connectivity index (χ0) is 24.8. The lowest BCUT2D eigenvalue weighted by molar-refractivity contribution is -0.113. The van der Waals surface area contributed by atoms with Crippen LogP contribution in [0.2, 0.25) is 20.1 Å². The molecule has 1 heterocycles. The molecule has 2 N–H and O–H groups in total. The lowest BCUT2D eigenvalue weighted by Gasteiger charge is -2.16. The van der Waals surface area contributed by atoms with Crippen molar-refractivity contribution < 1.29 is 9.59 Å². The van der Waals surface area contributed by atoms with E-state index in [9.17, 15) is 9.59 Å².